The topological polar surface area (TPSA) is 70.2 Å². The molecule has 8 heteroatoms. The van der Waals surface area contributed by atoms with Gasteiger partial charge in [-0.15, -0.1) is 11.3 Å². The molecule has 0 saturated carbocycles. The van der Waals surface area contributed by atoms with Crippen LogP contribution in [0.1, 0.15) is 46.4 Å². The Bertz CT molecular complexity index is 1410. The van der Waals surface area contributed by atoms with Crippen molar-refractivity contribution in [1.82, 2.24) is 5.32 Å². The number of hydrogen-bond donors (Lipinski definition) is 3. The molecule has 0 aliphatic rings. The molecule has 0 radical (unpaired) electrons. The van der Waals surface area contributed by atoms with Crippen molar-refractivity contribution < 1.29 is 9.59 Å². The van der Waals surface area contributed by atoms with Crippen LogP contribution in [0, 0.1) is 0 Å². The maximum Gasteiger partial charge on any atom is 0.269 e. The highest BCUT2D eigenvalue weighted by atomic mass is 35.5. The van der Waals surface area contributed by atoms with E-state index in [4.69, 9.17) is 23.8 Å². The van der Waals surface area contributed by atoms with Crippen LogP contribution in [-0.4, -0.2) is 16.9 Å². The second-order valence-electron chi connectivity index (χ2n) is 9.01. The van der Waals surface area contributed by atoms with Crippen LogP contribution in [0.25, 0.3) is 10.1 Å². The summed E-state index contributed by atoms with van der Waals surface area (Å²) >= 11 is 13.0. The van der Waals surface area contributed by atoms with Crippen molar-refractivity contribution >= 4 is 73.5 Å². The van der Waals surface area contributed by atoms with Gasteiger partial charge >= 0.3 is 0 Å². The first kappa shape index (κ1) is 24.9. The normalized spacial score (nSPS) is 11.2. The van der Waals surface area contributed by atoms with Crippen molar-refractivity contribution in [2.75, 3.05) is 10.6 Å². The van der Waals surface area contributed by atoms with E-state index in [1.165, 1.54) is 16.9 Å². The van der Waals surface area contributed by atoms with Gasteiger partial charge in [-0.1, -0.05) is 62.7 Å². The van der Waals surface area contributed by atoms with E-state index >= 15 is 0 Å². The van der Waals surface area contributed by atoms with Crippen molar-refractivity contribution in [3.63, 3.8) is 0 Å². The van der Waals surface area contributed by atoms with Gasteiger partial charge in [-0.25, -0.2) is 0 Å². The summed E-state index contributed by atoms with van der Waals surface area (Å²) in [6.45, 7) is 6.40. The Hall–Kier alpha value is -3.26. The van der Waals surface area contributed by atoms with Crippen LogP contribution in [0.15, 0.2) is 72.8 Å². The zero-order valence-corrected chi connectivity index (χ0v) is 21.8. The molecule has 0 unspecified atom stereocenters. The monoisotopic (exact) mass is 521 g/mol. The van der Waals surface area contributed by atoms with E-state index in [0.717, 1.165) is 10.1 Å². The molecule has 0 atom stereocenters. The van der Waals surface area contributed by atoms with Crippen LogP contribution in [0.4, 0.5) is 11.4 Å². The Morgan fingerprint density at radius 1 is 0.829 bits per heavy atom. The van der Waals surface area contributed by atoms with Gasteiger partial charge in [-0.05, 0) is 65.7 Å². The molecule has 3 aromatic carbocycles. The van der Waals surface area contributed by atoms with Gasteiger partial charge in [0, 0.05) is 27.0 Å². The van der Waals surface area contributed by atoms with E-state index in [1.807, 2.05) is 48.5 Å². The standard InChI is InChI=1S/C27H24ClN3O2S2/c1-27(2,3)17-10-8-16(9-11-17)24(32)29-18-12-14-19(15-13-18)30-26(34)31-25(33)23-22(28)20-6-4-5-7-21(20)35-23/h4-15H,1-3H3,(H,29,32)(H2,30,31,33,34). The molecule has 0 aliphatic carbocycles. The van der Waals surface area contributed by atoms with E-state index in [1.54, 1.807) is 24.3 Å². The quantitative estimate of drug-likeness (QED) is 0.248. The number of rotatable bonds is 4. The highest BCUT2D eigenvalue weighted by molar-refractivity contribution is 7.80. The number of thiophene rings is 1. The predicted molar refractivity (Wildman–Crippen MR) is 150 cm³/mol. The van der Waals surface area contributed by atoms with Gasteiger partial charge in [0.2, 0.25) is 0 Å². The maximum absolute atomic E-state index is 12.7. The summed E-state index contributed by atoms with van der Waals surface area (Å²) in [6.07, 6.45) is 0. The average Bonchev–Trinajstić information content (AvgIpc) is 3.16. The van der Waals surface area contributed by atoms with Crippen molar-refractivity contribution in [1.29, 1.82) is 0 Å². The molecule has 0 aliphatic heterocycles. The SMILES string of the molecule is CC(C)(C)c1ccc(C(=O)Nc2ccc(NC(=S)NC(=O)c3sc4ccccc4c3Cl)cc2)cc1. The largest absolute Gasteiger partial charge is 0.332 e. The molecule has 0 bridgehead atoms. The molecule has 1 heterocycles. The van der Waals surface area contributed by atoms with Crippen molar-refractivity contribution in [2.24, 2.45) is 0 Å². The molecule has 35 heavy (non-hydrogen) atoms. The summed E-state index contributed by atoms with van der Waals surface area (Å²) in [5.41, 5.74) is 3.10. The minimum absolute atomic E-state index is 0.0298. The third-order valence-corrected chi connectivity index (χ3v) is 7.26. The third-order valence-electron chi connectivity index (χ3n) is 5.38. The van der Waals surface area contributed by atoms with Crippen LogP contribution in [-0.2, 0) is 5.41 Å². The number of carbonyl (C=O) groups is 2. The molecule has 5 nitrogen and oxygen atoms in total. The van der Waals surface area contributed by atoms with Gasteiger partial charge in [0.1, 0.15) is 4.88 Å². The predicted octanol–water partition coefficient (Wildman–Crippen LogP) is 7.23. The molecule has 178 valence electrons. The van der Waals surface area contributed by atoms with Crippen LogP contribution >= 0.6 is 35.2 Å². The molecular formula is C27H24ClN3O2S2. The first-order chi connectivity index (χ1) is 16.6. The van der Waals surface area contributed by atoms with Gasteiger partial charge in [-0.2, -0.15) is 0 Å². The number of carbonyl (C=O) groups excluding carboxylic acids is 2. The fraction of sp³-hybridized carbons (Fsp3) is 0.148. The van der Waals surface area contributed by atoms with Crippen LogP contribution in [0.3, 0.4) is 0 Å². The Morgan fingerprint density at radius 2 is 1.43 bits per heavy atom. The smallest absolute Gasteiger partial charge is 0.269 e. The van der Waals surface area contributed by atoms with Crippen molar-refractivity contribution in [3.8, 4) is 0 Å². The molecule has 3 N–H and O–H groups in total. The summed E-state index contributed by atoms with van der Waals surface area (Å²) in [7, 11) is 0. The number of hydrogen-bond acceptors (Lipinski definition) is 4. The summed E-state index contributed by atoms with van der Waals surface area (Å²) in [6, 6.07) is 22.2. The molecule has 2 amide bonds. The second-order valence-corrected chi connectivity index (χ2v) is 10.8. The van der Waals surface area contributed by atoms with Crippen molar-refractivity contribution in [2.45, 2.75) is 26.2 Å². The molecule has 0 saturated heterocycles. The fourth-order valence-electron chi connectivity index (χ4n) is 3.44. The highest BCUT2D eigenvalue weighted by Gasteiger charge is 2.18. The van der Waals surface area contributed by atoms with Gasteiger partial charge < -0.3 is 10.6 Å². The van der Waals surface area contributed by atoms with Crippen LogP contribution < -0.4 is 16.0 Å². The van der Waals surface area contributed by atoms with E-state index in [2.05, 4.69) is 36.7 Å². The molecule has 0 fully saturated rings. The summed E-state index contributed by atoms with van der Waals surface area (Å²) in [4.78, 5) is 25.7. The third kappa shape index (κ3) is 5.88. The number of amides is 2. The molecule has 4 rings (SSSR count). The number of anilines is 2. The zero-order chi connectivity index (χ0) is 25.2. The van der Waals surface area contributed by atoms with E-state index in [0.29, 0.717) is 26.8 Å². The Labute approximate surface area is 218 Å². The Morgan fingerprint density at radius 3 is 2.03 bits per heavy atom. The highest BCUT2D eigenvalue weighted by Crippen LogP contribution is 2.35. The van der Waals surface area contributed by atoms with Crippen molar-refractivity contribution in [3.05, 3.63) is 93.8 Å². The van der Waals surface area contributed by atoms with E-state index in [9.17, 15) is 9.59 Å². The minimum atomic E-state index is -0.366. The molecule has 0 spiro atoms. The average molecular weight is 522 g/mol. The second kappa shape index (κ2) is 10.2. The zero-order valence-electron chi connectivity index (χ0n) is 19.4. The lowest BCUT2D eigenvalue weighted by Gasteiger charge is -2.19. The van der Waals surface area contributed by atoms with E-state index < -0.39 is 0 Å². The summed E-state index contributed by atoms with van der Waals surface area (Å²) < 4.78 is 0.935. The van der Waals surface area contributed by atoms with Crippen LogP contribution in [0.5, 0.6) is 0 Å². The summed E-state index contributed by atoms with van der Waals surface area (Å²) in [5.74, 6) is -0.552. The molecular weight excluding hydrogens is 498 g/mol. The van der Waals surface area contributed by atoms with E-state index in [-0.39, 0.29) is 22.3 Å². The Balaban J connectivity index is 1.34. The number of benzene rings is 3. The first-order valence-electron chi connectivity index (χ1n) is 10.9. The van der Waals surface area contributed by atoms with Gasteiger partial charge in [-0.3, -0.25) is 14.9 Å². The minimum Gasteiger partial charge on any atom is -0.332 e. The number of thiocarbonyl (C=S) groups is 1. The summed E-state index contributed by atoms with van der Waals surface area (Å²) in [5, 5.41) is 9.94. The molecule has 1 aromatic heterocycles. The lowest BCUT2D eigenvalue weighted by Crippen LogP contribution is -2.33. The number of halogens is 1. The molecule has 4 aromatic rings. The van der Waals surface area contributed by atoms with Gasteiger partial charge in [0.25, 0.3) is 11.8 Å². The Kier molecular flexibility index (Phi) is 7.21. The first-order valence-corrected chi connectivity index (χ1v) is 12.5. The van der Waals surface area contributed by atoms with Gasteiger partial charge in [0.05, 0.1) is 5.02 Å². The maximum atomic E-state index is 12.7. The van der Waals surface area contributed by atoms with Gasteiger partial charge in [0.15, 0.2) is 5.11 Å². The lowest BCUT2D eigenvalue weighted by atomic mass is 9.87. The lowest BCUT2D eigenvalue weighted by molar-refractivity contribution is 0.0980. The number of fused-ring (bicyclic) bond motifs is 1. The van der Waals surface area contributed by atoms with Crippen LogP contribution in [0.2, 0.25) is 5.02 Å². The number of nitrogens with one attached hydrogen (secondary N) is 3. The fourth-order valence-corrected chi connectivity index (χ4v) is 5.07.